The average Bonchev–Trinajstić information content (AvgIpc) is 3.81. The summed E-state index contributed by atoms with van der Waals surface area (Å²) in [5.41, 5.74) is 5.33. The number of aromatic nitrogens is 4. The monoisotopic (exact) mass is 662 g/mol. The number of likely N-dealkylation sites (N-methyl/N-ethyl adjacent to an activating group) is 1. The minimum atomic E-state index is -0.392. The molecule has 4 N–H and O–H groups in total. The molecule has 2 aromatic carbocycles. The SMILES string of the molecule is CN1CCN(C(=N)CCNC(=O)c2cc(NC(=O)c3cc(NC(=O)c4ccc(/C=C/c5ccc6nonc6c5)cc4)cn3C)cn2C)CC1. The van der Waals surface area contributed by atoms with Crippen LogP contribution < -0.4 is 16.0 Å². The standard InChI is InChI=1S/C35H38N10O4/c1-42-14-16-45(17-15-42)32(36)12-13-37-34(47)30-19-27(22-43(30)2)39-35(48)31-20-26(21-44(31)3)38-33(46)25-9-6-23(7-10-25)4-5-24-8-11-28-29(18-24)41-49-40-28/h4-11,18-22,36H,12-17H2,1-3H3,(H,37,47)(H,38,46)(H,39,48)/b5-4+,36-32?. The van der Waals surface area contributed by atoms with E-state index >= 15 is 0 Å². The van der Waals surface area contributed by atoms with Gasteiger partial charge in [0.15, 0.2) is 0 Å². The second kappa shape index (κ2) is 14.4. The van der Waals surface area contributed by atoms with Gasteiger partial charge in [-0.15, -0.1) is 0 Å². The van der Waals surface area contributed by atoms with Crippen LogP contribution in [0.2, 0.25) is 0 Å². The largest absolute Gasteiger partial charge is 0.358 e. The van der Waals surface area contributed by atoms with Crippen molar-refractivity contribution in [3.63, 3.8) is 0 Å². The average molecular weight is 663 g/mol. The Morgan fingerprint density at radius 1 is 0.755 bits per heavy atom. The summed E-state index contributed by atoms with van der Waals surface area (Å²) in [6, 6.07) is 16.0. The molecular formula is C35H38N10O4. The minimum absolute atomic E-state index is 0.287. The van der Waals surface area contributed by atoms with Gasteiger partial charge >= 0.3 is 0 Å². The van der Waals surface area contributed by atoms with Crippen molar-refractivity contribution in [1.29, 1.82) is 5.41 Å². The molecule has 1 aliphatic heterocycles. The van der Waals surface area contributed by atoms with Crippen LogP contribution in [0.5, 0.6) is 0 Å². The number of carbonyl (C=O) groups is 3. The molecule has 4 heterocycles. The van der Waals surface area contributed by atoms with Crippen LogP contribution in [0.15, 0.2) is 71.6 Å². The van der Waals surface area contributed by atoms with Crippen molar-refractivity contribution in [2.24, 2.45) is 14.1 Å². The van der Waals surface area contributed by atoms with Gasteiger partial charge < -0.3 is 34.9 Å². The number of nitrogens with one attached hydrogen (secondary N) is 4. The highest BCUT2D eigenvalue weighted by Gasteiger charge is 2.19. The molecule has 1 fully saturated rings. The number of anilines is 2. The van der Waals surface area contributed by atoms with Crippen LogP contribution in [0, 0.1) is 5.41 Å². The Balaban J connectivity index is 1.00. The van der Waals surface area contributed by atoms with Gasteiger partial charge in [0.1, 0.15) is 22.4 Å². The van der Waals surface area contributed by atoms with Crippen LogP contribution in [0.1, 0.15) is 48.9 Å². The number of piperazine rings is 1. The molecule has 1 aliphatic rings. The molecule has 0 atom stereocenters. The highest BCUT2D eigenvalue weighted by atomic mass is 16.6. The van der Waals surface area contributed by atoms with Crippen LogP contribution in [0.3, 0.4) is 0 Å². The summed E-state index contributed by atoms with van der Waals surface area (Å²) in [4.78, 5) is 43.3. The molecule has 14 heteroatoms. The Morgan fingerprint density at radius 2 is 1.35 bits per heavy atom. The molecule has 3 amide bonds. The third kappa shape index (κ3) is 7.93. The van der Waals surface area contributed by atoms with E-state index in [4.69, 9.17) is 10.0 Å². The van der Waals surface area contributed by atoms with E-state index in [0.717, 1.165) is 37.3 Å². The van der Waals surface area contributed by atoms with Crippen molar-refractivity contribution in [3.05, 3.63) is 95.1 Å². The molecule has 49 heavy (non-hydrogen) atoms. The lowest BCUT2D eigenvalue weighted by Crippen LogP contribution is -2.47. The molecule has 6 rings (SSSR count). The summed E-state index contributed by atoms with van der Waals surface area (Å²) in [7, 11) is 5.51. The molecule has 252 valence electrons. The number of amidine groups is 1. The first-order valence-corrected chi connectivity index (χ1v) is 15.9. The summed E-state index contributed by atoms with van der Waals surface area (Å²) in [6.45, 7) is 3.81. The number of aryl methyl sites for hydroxylation is 2. The number of rotatable bonds is 10. The Hall–Kier alpha value is -6.02. The maximum Gasteiger partial charge on any atom is 0.272 e. The molecule has 3 aromatic heterocycles. The highest BCUT2D eigenvalue weighted by Crippen LogP contribution is 2.19. The van der Waals surface area contributed by atoms with Gasteiger partial charge in [0, 0.05) is 71.2 Å². The van der Waals surface area contributed by atoms with E-state index in [1.807, 2.05) is 47.4 Å². The fourth-order valence-electron chi connectivity index (χ4n) is 5.58. The molecular weight excluding hydrogens is 624 g/mol. The van der Waals surface area contributed by atoms with Gasteiger partial charge in [-0.3, -0.25) is 19.8 Å². The number of hydrogen-bond acceptors (Lipinski definition) is 8. The minimum Gasteiger partial charge on any atom is -0.358 e. The van der Waals surface area contributed by atoms with E-state index in [-0.39, 0.29) is 11.8 Å². The number of fused-ring (bicyclic) bond motifs is 1. The van der Waals surface area contributed by atoms with Crippen molar-refractivity contribution in [3.8, 4) is 0 Å². The Morgan fingerprint density at radius 3 is 2.04 bits per heavy atom. The van der Waals surface area contributed by atoms with Gasteiger partial charge in [0.25, 0.3) is 17.7 Å². The van der Waals surface area contributed by atoms with E-state index in [2.05, 4.69) is 38.2 Å². The molecule has 0 unspecified atom stereocenters. The zero-order valence-electron chi connectivity index (χ0n) is 27.6. The van der Waals surface area contributed by atoms with Gasteiger partial charge in [-0.1, -0.05) is 30.4 Å². The lowest BCUT2D eigenvalue weighted by atomic mass is 10.1. The topological polar surface area (TPSA) is 166 Å². The molecule has 1 saturated heterocycles. The second-order valence-corrected chi connectivity index (χ2v) is 12.1. The quantitative estimate of drug-likeness (QED) is 0.0992. The fraction of sp³-hybridized carbons (Fsp3) is 0.257. The summed E-state index contributed by atoms with van der Waals surface area (Å²) in [5.74, 6) is -0.472. The maximum atomic E-state index is 13.2. The summed E-state index contributed by atoms with van der Waals surface area (Å²) < 4.78 is 8.01. The van der Waals surface area contributed by atoms with Crippen LogP contribution in [0.4, 0.5) is 11.4 Å². The molecule has 14 nitrogen and oxygen atoms in total. The zero-order chi connectivity index (χ0) is 34.5. The van der Waals surface area contributed by atoms with Gasteiger partial charge in [-0.25, -0.2) is 4.63 Å². The van der Waals surface area contributed by atoms with Crippen molar-refractivity contribution < 1.29 is 19.0 Å². The fourth-order valence-corrected chi connectivity index (χ4v) is 5.58. The molecule has 0 bridgehead atoms. The van der Waals surface area contributed by atoms with Crippen LogP contribution in [-0.2, 0) is 14.1 Å². The van der Waals surface area contributed by atoms with Gasteiger partial charge in [0.2, 0.25) is 0 Å². The first kappa shape index (κ1) is 32.9. The van der Waals surface area contributed by atoms with Gasteiger partial charge in [-0.05, 0) is 64.9 Å². The Kier molecular flexibility index (Phi) is 9.67. The van der Waals surface area contributed by atoms with Crippen molar-refractivity contribution in [1.82, 2.24) is 34.6 Å². The third-order valence-corrected chi connectivity index (χ3v) is 8.44. The summed E-state index contributed by atoms with van der Waals surface area (Å²) >= 11 is 0. The van der Waals surface area contributed by atoms with Gasteiger partial charge in [-0.2, -0.15) is 0 Å². The number of amides is 3. The van der Waals surface area contributed by atoms with E-state index in [1.165, 1.54) is 0 Å². The van der Waals surface area contributed by atoms with Gasteiger partial charge in [0.05, 0.1) is 17.2 Å². The van der Waals surface area contributed by atoms with Crippen LogP contribution in [0.25, 0.3) is 23.2 Å². The Labute approximate surface area is 282 Å². The van der Waals surface area contributed by atoms with Crippen molar-refractivity contribution in [2.45, 2.75) is 6.42 Å². The normalized spacial score (nSPS) is 13.6. The van der Waals surface area contributed by atoms with Crippen LogP contribution in [-0.4, -0.2) is 92.6 Å². The smallest absolute Gasteiger partial charge is 0.272 e. The number of nitrogens with zero attached hydrogens (tertiary/aromatic N) is 6. The predicted octanol–water partition coefficient (Wildman–Crippen LogP) is 3.92. The van der Waals surface area contributed by atoms with Crippen LogP contribution >= 0.6 is 0 Å². The maximum absolute atomic E-state index is 13.2. The molecule has 0 saturated carbocycles. The van der Waals surface area contributed by atoms with E-state index < -0.39 is 5.91 Å². The predicted molar refractivity (Wildman–Crippen MR) is 188 cm³/mol. The molecule has 0 radical (unpaired) electrons. The molecule has 5 aromatic rings. The van der Waals surface area contributed by atoms with E-state index in [0.29, 0.717) is 58.2 Å². The second-order valence-electron chi connectivity index (χ2n) is 12.1. The zero-order valence-corrected chi connectivity index (χ0v) is 27.6. The first-order valence-electron chi connectivity index (χ1n) is 15.9. The van der Waals surface area contributed by atoms with Crippen molar-refractivity contribution in [2.75, 3.05) is 50.4 Å². The number of hydrogen-bond donors (Lipinski definition) is 4. The first-order chi connectivity index (χ1) is 23.6. The lowest BCUT2D eigenvalue weighted by Gasteiger charge is -2.34. The Bertz CT molecular complexity index is 2030. The summed E-state index contributed by atoms with van der Waals surface area (Å²) in [6.07, 6.45) is 7.64. The van der Waals surface area contributed by atoms with E-state index in [1.54, 1.807) is 59.9 Å². The summed E-state index contributed by atoms with van der Waals surface area (Å²) in [5, 5.41) is 24.6. The third-order valence-electron chi connectivity index (χ3n) is 8.44. The number of carbonyl (C=O) groups excluding carboxylic acids is 3. The lowest BCUT2D eigenvalue weighted by molar-refractivity contribution is 0.0944. The highest BCUT2D eigenvalue weighted by molar-refractivity contribution is 6.07. The van der Waals surface area contributed by atoms with E-state index in [9.17, 15) is 14.4 Å². The van der Waals surface area contributed by atoms with Crippen molar-refractivity contribution >= 4 is 58.1 Å². The number of benzene rings is 2. The molecule has 0 spiro atoms. The molecule has 0 aliphatic carbocycles.